The first-order valence-corrected chi connectivity index (χ1v) is 3.97. The summed E-state index contributed by atoms with van der Waals surface area (Å²) in [4.78, 5) is 10.8. The maximum absolute atomic E-state index is 12.3. The van der Waals surface area contributed by atoms with Crippen molar-refractivity contribution in [2.45, 2.75) is 13.0 Å². The van der Waals surface area contributed by atoms with E-state index >= 15 is 0 Å². The van der Waals surface area contributed by atoms with Crippen molar-refractivity contribution < 1.29 is 18.3 Å². The Labute approximate surface area is 82.7 Å². The normalized spacial score (nSPS) is 10.6. The lowest BCUT2D eigenvalue weighted by Gasteiger charge is -2.03. The Morgan fingerprint density at radius 2 is 2.43 bits per heavy atom. The number of nitrogens with zero attached hydrogens (tertiary/aromatic N) is 2. The van der Waals surface area contributed by atoms with Gasteiger partial charge in [-0.15, -0.1) is 0 Å². The van der Waals surface area contributed by atoms with E-state index in [4.69, 9.17) is 0 Å². The number of nitrogens with one attached hydrogen (secondary N) is 1. The second-order valence-corrected chi connectivity index (χ2v) is 2.74. The molecule has 0 aliphatic rings. The Balaban J connectivity index is 3.00. The molecule has 5 nitrogen and oxygen atoms in total. The van der Waals surface area contributed by atoms with E-state index in [0.29, 0.717) is 0 Å². The first-order chi connectivity index (χ1) is 6.56. The van der Waals surface area contributed by atoms with Crippen LogP contribution in [0.5, 0.6) is 0 Å². The molecule has 0 saturated heterocycles. The van der Waals surface area contributed by atoms with Crippen molar-refractivity contribution in [1.29, 1.82) is 0 Å². The van der Waals surface area contributed by atoms with Crippen LogP contribution < -0.4 is 0 Å². The minimum atomic E-state index is -2.78. The Morgan fingerprint density at radius 1 is 1.79 bits per heavy atom. The molecule has 0 amide bonds. The zero-order valence-electron chi connectivity index (χ0n) is 7.16. The summed E-state index contributed by atoms with van der Waals surface area (Å²) in [7, 11) is 1.16. The summed E-state index contributed by atoms with van der Waals surface area (Å²) in [6.45, 7) is -0.370. The van der Waals surface area contributed by atoms with Crippen molar-refractivity contribution in [3.8, 4) is 0 Å². The average molecular weight is 223 g/mol. The molecule has 1 rings (SSSR count). The van der Waals surface area contributed by atoms with E-state index in [1.54, 1.807) is 0 Å². The monoisotopic (exact) mass is 223 g/mol. The molecule has 0 aromatic carbocycles. The Bertz CT molecular complexity index is 387. The molecular formula is C6H7F2N3O2S. The SMILES string of the molecule is COC(=O)Cn1c(C(F)F)n[nH]c1=S. The fraction of sp³-hybridized carbons (Fsp3) is 0.500. The van der Waals surface area contributed by atoms with E-state index in [-0.39, 0.29) is 11.3 Å². The van der Waals surface area contributed by atoms with Crippen molar-refractivity contribution in [3.05, 3.63) is 10.6 Å². The number of aromatic nitrogens is 3. The number of alkyl halides is 2. The first kappa shape index (κ1) is 10.8. The summed E-state index contributed by atoms with van der Waals surface area (Å²) in [6.07, 6.45) is -2.78. The third-order valence-corrected chi connectivity index (χ3v) is 1.81. The van der Waals surface area contributed by atoms with Crippen LogP contribution in [0.2, 0.25) is 0 Å². The number of halogens is 2. The van der Waals surface area contributed by atoms with Crippen LogP contribution in [0.1, 0.15) is 12.2 Å². The summed E-state index contributed by atoms with van der Waals surface area (Å²) in [5.74, 6) is -1.23. The highest BCUT2D eigenvalue weighted by Gasteiger charge is 2.18. The molecule has 0 fully saturated rings. The Morgan fingerprint density at radius 3 is 2.93 bits per heavy atom. The van der Waals surface area contributed by atoms with Crippen LogP contribution >= 0.6 is 12.2 Å². The third-order valence-electron chi connectivity index (χ3n) is 1.50. The summed E-state index contributed by atoms with van der Waals surface area (Å²) in [6, 6.07) is 0. The van der Waals surface area contributed by atoms with Gasteiger partial charge in [0.2, 0.25) is 0 Å². The van der Waals surface area contributed by atoms with E-state index in [2.05, 4.69) is 27.2 Å². The number of carbonyl (C=O) groups is 1. The fourth-order valence-electron chi connectivity index (χ4n) is 0.843. The molecule has 1 aromatic heterocycles. The molecule has 14 heavy (non-hydrogen) atoms. The lowest BCUT2D eigenvalue weighted by atomic mass is 10.5. The summed E-state index contributed by atoms with van der Waals surface area (Å²) in [5, 5.41) is 5.47. The smallest absolute Gasteiger partial charge is 0.325 e. The van der Waals surface area contributed by atoms with Crippen molar-refractivity contribution in [3.63, 3.8) is 0 Å². The number of methoxy groups -OCH3 is 1. The van der Waals surface area contributed by atoms with Crippen LogP contribution in [0, 0.1) is 4.77 Å². The van der Waals surface area contributed by atoms with Gasteiger partial charge in [-0.3, -0.25) is 14.5 Å². The maximum Gasteiger partial charge on any atom is 0.325 e. The van der Waals surface area contributed by atoms with Gasteiger partial charge in [0.05, 0.1) is 7.11 Å². The summed E-state index contributed by atoms with van der Waals surface area (Å²) < 4.78 is 29.8. The number of hydrogen-bond donors (Lipinski definition) is 1. The Hall–Kier alpha value is -1.31. The zero-order chi connectivity index (χ0) is 10.7. The molecule has 1 heterocycles. The van der Waals surface area contributed by atoms with Crippen LogP contribution in [-0.2, 0) is 16.1 Å². The minimum Gasteiger partial charge on any atom is -0.468 e. The number of carbonyl (C=O) groups excluding carboxylic acids is 1. The number of rotatable bonds is 3. The molecule has 0 radical (unpaired) electrons. The maximum atomic E-state index is 12.3. The third kappa shape index (κ3) is 2.13. The molecule has 0 aliphatic heterocycles. The molecule has 0 spiro atoms. The topological polar surface area (TPSA) is 59.9 Å². The van der Waals surface area contributed by atoms with E-state index in [9.17, 15) is 13.6 Å². The molecular weight excluding hydrogens is 216 g/mol. The number of H-pyrrole nitrogens is 1. The molecule has 0 bridgehead atoms. The van der Waals surface area contributed by atoms with Gasteiger partial charge >= 0.3 is 5.97 Å². The molecule has 0 atom stereocenters. The lowest BCUT2D eigenvalue weighted by Crippen LogP contribution is -2.14. The Kier molecular flexibility index (Phi) is 3.28. The van der Waals surface area contributed by atoms with Crippen molar-refractivity contribution in [2.75, 3.05) is 7.11 Å². The van der Waals surface area contributed by atoms with Crippen LogP contribution in [0.3, 0.4) is 0 Å². The molecule has 0 aliphatic carbocycles. The second-order valence-electron chi connectivity index (χ2n) is 2.35. The number of ether oxygens (including phenoxy) is 1. The highest BCUT2D eigenvalue weighted by Crippen LogP contribution is 2.15. The van der Waals surface area contributed by atoms with Gasteiger partial charge in [0, 0.05) is 0 Å². The van der Waals surface area contributed by atoms with Crippen LogP contribution in [0.15, 0.2) is 0 Å². The predicted octanol–water partition coefficient (Wildman–Crippen LogP) is 1.05. The molecule has 78 valence electrons. The molecule has 1 N–H and O–H groups in total. The standard InChI is InChI=1S/C6H7F2N3O2S/c1-13-3(12)2-11-5(4(7)8)9-10-6(11)14/h4H,2H2,1H3,(H,10,14). The van der Waals surface area contributed by atoms with Crippen LogP contribution in [0.4, 0.5) is 8.78 Å². The highest BCUT2D eigenvalue weighted by molar-refractivity contribution is 7.71. The number of hydrogen-bond acceptors (Lipinski definition) is 4. The first-order valence-electron chi connectivity index (χ1n) is 3.56. The zero-order valence-corrected chi connectivity index (χ0v) is 7.98. The molecule has 0 unspecified atom stereocenters. The van der Waals surface area contributed by atoms with Crippen molar-refractivity contribution >= 4 is 18.2 Å². The molecule has 0 saturated carbocycles. The van der Waals surface area contributed by atoms with Crippen LogP contribution in [-0.4, -0.2) is 27.8 Å². The van der Waals surface area contributed by atoms with E-state index < -0.39 is 18.2 Å². The van der Waals surface area contributed by atoms with Crippen molar-refractivity contribution in [2.24, 2.45) is 0 Å². The van der Waals surface area contributed by atoms with Crippen LogP contribution in [0.25, 0.3) is 0 Å². The quantitative estimate of drug-likeness (QED) is 0.614. The van der Waals surface area contributed by atoms with Gasteiger partial charge in [0.25, 0.3) is 6.43 Å². The minimum absolute atomic E-state index is 0.0364. The van der Waals surface area contributed by atoms with E-state index in [0.717, 1.165) is 11.7 Å². The largest absolute Gasteiger partial charge is 0.468 e. The predicted molar refractivity (Wildman–Crippen MR) is 44.4 cm³/mol. The van der Waals surface area contributed by atoms with E-state index in [1.165, 1.54) is 0 Å². The van der Waals surface area contributed by atoms with Gasteiger partial charge in [-0.25, -0.2) is 8.78 Å². The van der Waals surface area contributed by atoms with Gasteiger partial charge in [-0.05, 0) is 12.2 Å². The number of esters is 1. The van der Waals surface area contributed by atoms with Gasteiger partial charge in [-0.1, -0.05) is 0 Å². The lowest BCUT2D eigenvalue weighted by molar-refractivity contribution is -0.141. The van der Waals surface area contributed by atoms with Crippen molar-refractivity contribution in [1.82, 2.24) is 14.8 Å². The summed E-state index contributed by atoms with van der Waals surface area (Å²) in [5.41, 5.74) is 0. The highest BCUT2D eigenvalue weighted by atomic mass is 32.1. The molecule has 8 heteroatoms. The van der Waals surface area contributed by atoms with Gasteiger partial charge in [0.15, 0.2) is 10.6 Å². The van der Waals surface area contributed by atoms with Gasteiger partial charge in [-0.2, -0.15) is 5.10 Å². The number of aromatic amines is 1. The second kappa shape index (κ2) is 4.27. The van der Waals surface area contributed by atoms with Gasteiger partial charge in [0.1, 0.15) is 6.54 Å². The fourth-order valence-corrected chi connectivity index (χ4v) is 1.05. The average Bonchev–Trinajstić information content (AvgIpc) is 2.48. The van der Waals surface area contributed by atoms with E-state index in [1.807, 2.05) is 0 Å². The summed E-state index contributed by atoms with van der Waals surface area (Å²) >= 11 is 4.66. The van der Waals surface area contributed by atoms with Gasteiger partial charge < -0.3 is 4.74 Å². The molecule has 1 aromatic rings.